The summed E-state index contributed by atoms with van der Waals surface area (Å²) in [6.45, 7) is 0. The van der Waals surface area contributed by atoms with Gasteiger partial charge in [-0.1, -0.05) is 12.1 Å². The van der Waals surface area contributed by atoms with E-state index in [4.69, 9.17) is 9.47 Å². The first-order valence-corrected chi connectivity index (χ1v) is 8.42. The Labute approximate surface area is 155 Å². The lowest BCUT2D eigenvalue weighted by Crippen LogP contribution is -1.97. The predicted octanol–water partition coefficient (Wildman–Crippen LogP) is 3.80. The Bertz CT molecular complexity index is 1070. The van der Waals surface area contributed by atoms with E-state index in [2.05, 4.69) is 9.97 Å². The van der Waals surface area contributed by atoms with Crippen molar-refractivity contribution < 1.29 is 19.7 Å². The van der Waals surface area contributed by atoms with Gasteiger partial charge in [0, 0.05) is 28.6 Å². The molecule has 0 atom stereocenters. The van der Waals surface area contributed by atoms with Crippen molar-refractivity contribution in [1.82, 2.24) is 9.97 Å². The highest BCUT2D eigenvalue weighted by molar-refractivity contribution is 5.88. The summed E-state index contributed by atoms with van der Waals surface area (Å²) in [5.74, 6) is 0.803. The van der Waals surface area contributed by atoms with E-state index < -0.39 is 0 Å². The lowest BCUT2D eigenvalue weighted by Gasteiger charge is -2.09. The second-order valence-corrected chi connectivity index (χ2v) is 6.16. The van der Waals surface area contributed by atoms with E-state index >= 15 is 0 Å². The second-order valence-electron chi connectivity index (χ2n) is 6.16. The molecule has 6 nitrogen and oxygen atoms in total. The van der Waals surface area contributed by atoms with Crippen LogP contribution in [0.5, 0.6) is 23.0 Å². The summed E-state index contributed by atoms with van der Waals surface area (Å²) in [6, 6.07) is 14.7. The molecule has 2 aromatic carbocycles. The summed E-state index contributed by atoms with van der Waals surface area (Å²) in [5, 5.41) is 22.3. The van der Waals surface area contributed by atoms with Gasteiger partial charge in [0.05, 0.1) is 14.2 Å². The molecule has 0 amide bonds. The minimum atomic E-state index is 0.0192. The van der Waals surface area contributed by atoms with Gasteiger partial charge < -0.3 is 19.7 Å². The molecule has 0 aliphatic heterocycles. The fourth-order valence-corrected chi connectivity index (χ4v) is 3.10. The highest BCUT2D eigenvalue weighted by atomic mass is 16.5. The molecule has 2 heterocycles. The first-order valence-electron chi connectivity index (χ1n) is 8.42. The maximum Gasteiger partial charge on any atom is 0.184 e. The Kier molecular flexibility index (Phi) is 4.16. The number of pyridine rings is 2. The summed E-state index contributed by atoms with van der Waals surface area (Å²) >= 11 is 0. The first-order chi connectivity index (χ1) is 13.1. The van der Waals surface area contributed by atoms with Crippen molar-refractivity contribution in [2.24, 2.45) is 0 Å². The molecule has 136 valence electrons. The van der Waals surface area contributed by atoms with Gasteiger partial charge in [-0.25, -0.2) is 9.97 Å². The van der Waals surface area contributed by atoms with Crippen molar-refractivity contribution in [1.29, 1.82) is 0 Å². The number of aromatic hydroxyl groups is 2. The Hall–Kier alpha value is -3.54. The zero-order valence-corrected chi connectivity index (χ0v) is 14.9. The van der Waals surface area contributed by atoms with Gasteiger partial charge in [0.15, 0.2) is 23.0 Å². The number of hydrogen-bond donors (Lipinski definition) is 2. The van der Waals surface area contributed by atoms with Gasteiger partial charge in [0.1, 0.15) is 11.0 Å². The van der Waals surface area contributed by atoms with Crippen LogP contribution in [-0.4, -0.2) is 34.4 Å². The Morgan fingerprint density at radius 1 is 0.667 bits per heavy atom. The predicted molar refractivity (Wildman–Crippen MR) is 103 cm³/mol. The van der Waals surface area contributed by atoms with Gasteiger partial charge in [0.25, 0.3) is 0 Å². The molecule has 0 aliphatic carbocycles. The number of nitrogens with zero attached hydrogens (tertiary/aromatic N) is 2. The number of rotatable bonds is 4. The topological polar surface area (TPSA) is 84.7 Å². The van der Waals surface area contributed by atoms with Crippen LogP contribution in [0.3, 0.4) is 0 Å². The Balaban J connectivity index is 1.75. The highest BCUT2D eigenvalue weighted by Gasteiger charge is 2.12. The largest absolute Gasteiger partial charge is 0.503 e. The molecule has 4 rings (SSSR count). The van der Waals surface area contributed by atoms with Gasteiger partial charge in [-0.2, -0.15) is 0 Å². The van der Waals surface area contributed by atoms with Crippen LogP contribution < -0.4 is 9.47 Å². The summed E-state index contributed by atoms with van der Waals surface area (Å²) in [5.41, 5.74) is 2.47. The van der Waals surface area contributed by atoms with Crippen LogP contribution in [0.2, 0.25) is 0 Å². The van der Waals surface area contributed by atoms with Gasteiger partial charge in [0.2, 0.25) is 0 Å². The monoisotopic (exact) mass is 362 g/mol. The maximum absolute atomic E-state index is 10.3. The van der Waals surface area contributed by atoms with E-state index in [1.54, 1.807) is 12.1 Å². The van der Waals surface area contributed by atoms with Crippen LogP contribution in [0, 0.1) is 0 Å². The van der Waals surface area contributed by atoms with Crippen LogP contribution in [-0.2, 0) is 6.42 Å². The van der Waals surface area contributed by atoms with E-state index in [9.17, 15) is 10.2 Å². The third kappa shape index (κ3) is 2.95. The van der Waals surface area contributed by atoms with Crippen LogP contribution in [0.1, 0.15) is 11.4 Å². The average Bonchev–Trinajstić information content (AvgIpc) is 2.69. The number of fused-ring (bicyclic) bond motifs is 2. The molecule has 2 N–H and O–H groups in total. The molecule has 0 radical (unpaired) electrons. The van der Waals surface area contributed by atoms with E-state index in [1.807, 2.05) is 36.4 Å². The molecular weight excluding hydrogens is 344 g/mol. The van der Waals surface area contributed by atoms with Crippen molar-refractivity contribution in [3.8, 4) is 23.0 Å². The standard InChI is InChI=1S/C21H18N2O4/c1-26-16-9-5-12-3-7-14(22-18(12)20(16)24)11-15-8-4-13-6-10-17(27-2)21(25)19(13)23-15/h3-10,24-25H,11H2,1-2H3. The molecule has 0 saturated heterocycles. The number of methoxy groups -OCH3 is 2. The van der Waals surface area contributed by atoms with E-state index in [0.29, 0.717) is 29.0 Å². The van der Waals surface area contributed by atoms with Gasteiger partial charge in [-0.05, 0) is 36.4 Å². The highest BCUT2D eigenvalue weighted by Crippen LogP contribution is 2.34. The zero-order valence-electron chi connectivity index (χ0n) is 14.9. The molecule has 6 heteroatoms. The third-order valence-corrected chi connectivity index (χ3v) is 4.51. The van der Waals surface area contributed by atoms with Crippen molar-refractivity contribution >= 4 is 21.8 Å². The summed E-state index contributed by atoms with van der Waals surface area (Å²) in [7, 11) is 3.01. The molecule has 27 heavy (non-hydrogen) atoms. The molecule has 2 aromatic heterocycles. The fraction of sp³-hybridized carbons (Fsp3) is 0.143. The SMILES string of the molecule is COc1ccc2ccc(Cc3ccc4ccc(OC)c(O)c4n3)nc2c1O. The number of benzene rings is 2. The van der Waals surface area contributed by atoms with E-state index in [1.165, 1.54) is 14.2 Å². The molecule has 0 spiro atoms. The van der Waals surface area contributed by atoms with Gasteiger partial charge >= 0.3 is 0 Å². The van der Waals surface area contributed by atoms with Crippen molar-refractivity contribution in [2.75, 3.05) is 14.2 Å². The van der Waals surface area contributed by atoms with Gasteiger partial charge in [-0.3, -0.25) is 0 Å². The zero-order chi connectivity index (χ0) is 19.0. The van der Waals surface area contributed by atoms with Crippen molar-refractivity contribution in [3.63, 3.8) is 0 Å². The smallest absolute Gasteiger partial charge is 0.184 e. The average molecular weight is 362 g/mol. The molecule has 4 aromatic rings. The van der Waals surface area contributed by atoms with Crippen LogP contribution >= 0.6 is 0 Å². The lowest BCUT2D eigenvalue weighted by molar-refractivity contribution is 0.376. The summed E-state index contributed by atoms with van der Waals surface area (Å²) in [6.07, 6.45) is 0.458. The minimum absolute atomic E-state index is 0.0192. The number of hydrogen-bond acceptors (Lipinski definition) is 6. The Morgan fingerprint density at radius 2 is 1.07 bits per heavy atom. The van der Waals surface area contributed by atoms with Crippen molar-refractivity contribution in [3.05, 3.63) is 59.9 Å². The second kappa shape index (κ2) is 6.64. The van der Waals surface area contributed by atoms with E-state index in [0.717, 1.165) is 22.2 Å². The summed E-state index contributed by atoms with van der Waals surface area (Å²) < 4.78 is 10.3. The third-order valence-electron chi connectivity index (χ3n) is 4.51. The van der Waals surface area contributed by atoms with Crippen LogP contribution in [0.15, 0.2) is 48.5 Å². The first kappa shape index (κ1) is 16.9. The quantitative estimate of drug-likeness (QED) is 0.574. The molecular formula is C21H18N2O4. The number of phenols is 2. The maximum atomic E-state index is 10.3. The molecule has 0 aliphatic rings. The fourth-order valence-electron chi connectivity index (χ4n) is 3.10. The minimum Gasteiger partial charge on any atom is -0.503 e. The molecule has 0 unspecified atom stereocenters. The number of phenolic OH excluding ortho intramolecular Hbond substituents is 2. The van der Waals surface area contributed by atoms with E-state index in [-0.39, 0.29) is 11.5 Å². The molecule has 0 saturated carbocycles. The Morgan fingerprint density at radius 3 is 1.48 bits per heavy atom. The van der Waals surface area contributed by atoms with Gasteiger partial charge in [-0.15, -0.1) is 0 Å². The molecule has 0 bridgehead atoms. The van der Waals surface area contributed by atoms with Crippen LogP contribution in [0.25, 0.3) is 21.8 Å². The molecule has 0 fully saturated rings. The van der Waals surface area contributed by atoms with Crippen molar-refractivity contribution in [2.45, 2.75) is 6.42 Å². The van der Waals surface area contributed by atoms with Crippen LogP contribution in [0.4, 0.5) is 0 Å². The normalized spacial score (nSPS) is 11.0. The number of ether oxygens (including phenoxy) is 2. The lowest BCUT2D eigenvalue weighted by atomic mass is 10.1. The summed E-state index contributed by atoms with van der Waals surface area (Å²) in [4.78, 5) is 9.12. The number of aromatic nitrogens is 2.